The summed E-state index contributed by atoms with van der Waals surface area (Å²) in [6, 6.07) is 14.0. The van der Waals surface area contributed by atoms with Crippen molar-refractivity contribution in [2.45, 2.75) is 62.3 Å². The van der Waals surface area contributed by atoms with Gasteiger partial charge >= 0.3 is 5.69 Å². The Morgan fingerprint density at radius 3 is 1.92 bits per heavy atom. The Morgan fingerprint density at radius 1 is 0.780 bits per heavy atom. The van der Waals surface area contributed by atoms with Gasteiger partial charge in [0, 0.05) is 80.7 Å². The summed E-state index contributed by atoms with van der Waals surface area (Å²) in [5, 5.41) is 3.24. The van der Waals surface area contributed by atoms with Crippen molar-refractivity contribution in [1.29, 1.82) is 0 Å². The van der Waals surface area contributed by atoms with E-state index in [1.807, 2.05) is 34.1 Å². The number of hydrogen-bond donors (Lipinski definition) is 6. The van der Waals surface area contributed by atoms with Gasteiger partial charge in [0.1, 0.15) is 0 Å². The number of Topliss-reactive ketones (excluding diaryl/α,β-unsaturated/α-hetero) is 1. The molecule has 7 rings (SSSR count). The Hall–Kier alpha value is -4.90. The Morgan fingerprint density at radius 2 is 1.34 bits per heavy atom. The van der Waals surface area contributed by atoms with E-state index in [1.165, 1.54) is 0 Å². The number of rotatable bonds is 8. The predicted octanol–water partition coefficient (Wildman–Crippen LogP) is 0.424. The zero-order valence-corrected chi connectivity index (χ0v) is 27.9. The molecule has 3 aliphatic heterocycles. The number of ketones is 1. The number of benzene rings is 2. The van der Waals surface area contributed by atoms with Crippen molar-refractivity contribution >= 4 is 46.3 Å². The highest BCUT2D eigenvalue weighted by Crippen LogP contribution is 2.27. The van der Waals surface area contributed by atoms with E-state index in [0.29, 0.717) is 81.2 Å². The fraction of sp³-hybridized carbons (Fsp3) is 0.471. The predicted molar refractivity (Wildman–Crippen MR) is 191 cm³/mol. The first kappa shape index (κ1) is 33.6. The molecule has 4 unspecified atom stereocenters. The summed E-state index contributed by atoms with van der Waals surface area (Å²) >= 11 is 0. The number of carbonyl (C=O) groups excluding carboxylic acids is 2. The van der Waals surface area contributed by atoms with Crippen LogP contribution >= 0.6 is 0 Å². The second kappa shape index (κ2) is 14.1. The molecule has 4 aromatic rings. The monoisotopic (exact) mass is 683 g/mol. The number of fused-ring (bicyclic) bond motifs is 1. The van der Waals surface area contributed by atoms with Crippen LogP contribution in [-0.4, -0.2) is 105 Å². The number of likely N-dealkylation sites (tertiary alicyclic amines) is 1. The van der Waals surface area contributed by atoms with Gasteiger partial charge in [0.05, 0.1) is 17.5 Å². The number of carbonyl (C=O) groups is 2. The van der Waals surface area contributed by atoms with E-state index >= 15 is 0 Å². The van der Waals surface area contributed by atoms with Gasteiger partial charge in [-0.05, 0) is 62.1 Å². The number of nitrogens with zero attached hydrogens (tertiary/aromatic N) is 7. The molecule has 16 heteroatoms. The van der Waals surface area contributed by atoms with Gasteiger partial charge in [-0.2, -0.15) is 15.0 Å². The first-order valence-corrected chi connectivity index (χ1v) is 17.2. The molecule has 4 atom stereocenters. The van der Waals surface area contributed by atoms with Crippen molar-refractivity contribution in [3.8, 4) is 0 Å². The molecule has 16 nitrogen and oxygen atoms in total. The third-order valence-electron chi connectivity index (χ3n) is 9.79. The van der Waals surface area contributed by atoms with Gasteiger partial charge in [0.25, 0.3) is 0 Å². The van der Waals surface area contributed by atoms with E-state index in [0.717, 1.165) is 23.9 Å². The Balaban J connectivity index is 0.999. The first-order valence-electron chi connectivity index (χ1n) is 17.2. The van der Waals surface area contributed by atoms with Crippen LogP contribution in [0, 0.1) is 0 Å². The zero-order valence-electron chi connectivity index (χ0n) is 27.9. The van der Waals surface area contributed by atoms with Gasteiger partial charge in [-0.1, -0.05) is 12.1 Å². The summed E-state index contributed by atoms with van der Waals surface area (Å²) in [7, 11) is 0. The van der Waals surface area contributed by atoms with Crippen molar-refractivity contribution in [2.24, 2.45) is 22.9 Å². The highest BCUT2D eigenvalue weighted by atomic mass is 16.2. The van der Waals surface area contributed by atoms with Gasteiger partial charge < -0.3 is 47.9 Å². The average Bonchev–Trinajstić information content (AvgIpc) is 3.43. The number of aromatic nitrogens is 5. The fourth-order valence-corrected chi connectivity index (χ4v) is 7.41. The molecule has 0 bridgehead atoms. The lowest BCUT2D eigenvalue weighted by atomic mass is 10.0. The molecule has 0 aliphatic carbocycles. The minimum atomic E-state index is -0.267. The number of piperidine rings is 3. The maximum atomic E-state index is 13.2. The normalized spacial score (nSPS) is 23.3. The third kappa shape index (κ3) is 7.33. The molecule has 3 saturated heterocycles. The SMILES string of the molecule is NC1CC(N)CN(c2nc(Nc3ccc(C(=O)CC(=O)N4CCC(n5c(=O)[nH]c6ccccc65)CC4)cc3)nc(N3CC(N)CC(N)C3)n2)C1. The number of H-pyrrole nitrogens is 1. The van der Waals surface area contributed by atoms with Crippen LogP contribution < -0.4 is 43.7 Å². The summed E-state index contributed by atoms with van der Waals surface area (Å²) in [5.41, 5.74) is 27.7. The van der Waals surface area contributed by atoms with Crippen LogP contribution in [0.5, 0.6) is 0 Å². The summed E-state index contributed by atoms with van der Waals surface area (Å²) < 4.78 is 1.79. The van der Waals surface area contributed by atoms with Crippen LogP contribution in [-0.2, 0) is 4.79 Å². The van der Waals surface area contributed by atoms with E-state index in [1.54, 1.807) is 33.7 Å². The molecule has 10 N–H and O–H groups in total. The number of hydrogen-bond acceptors (Lipinski definition) is 13. The van der Waals surface area contributed by atoms with Crippen molar-refractivity contribution in [3.05, 3.63) is 64.6 Å². The van der Waals surface area contributed by atoms with Gasteiger partial charge in [-0.25, -0.2) is 4.79 Å². The van der Waals surface area contributed by atoms with Crippen molar-refractivity contribution in [1.82, 2.24) is 29.4 Å². The summed E-state index contributed by atoms with van der Waals surface area (Å²) in [6.07, 6.45) is 2.48. The summed E-state index contributed by atoms with van der Waals surface area (Å²) in [5.74, 6) is 0.744. The maximum Gasteiger partial charge on any atom is 0.326 e. The number of anilines is 4. The van der Waals surface area contributed by atoms with E-state index in [-0.39, 0.29) is 54.0 Å². The number of nitrogens with two attached hydrogens (primary N) is 4. The number of nitrogens with one attached hydrogen (secondary N) is 2. The molecular formula is C34H45N13O3. The van der Waals surface area contributed by atoms with Crippen LogP contribution in [0.25, 0.3) is 11.0 Å². The van der Waals surface area contributed by atoms with Crippen LogP contribution in [0.3, 0.4) is 0 Å². The number of para-hydroxylation sites is 2. The molecule has 0 radical (unpaired) electrons. The van der Waals surface area contributed by atoms with Crippen molar-refractivity contribution in [2.75, 3.05) is 54.4 Å². The quantitative estimate of drug-likeness (QED) is 0.109. The lowest BCUT2D eigenvalue weighted by Crippen LogP contribution is -2.54. The zero-order chi connectivity index (χ0) is 34.9. The van der Waals surface area contributed by atoms with Crippen molar-refractivity contribution < 1.29 is 9.59 Å². The van der Waals surface area contributed by atoms with Gasteiger partial charge in [0.2, 0.25) is 23.8 Å². The molecule has 0 saturated carbocycles. The van der Waals surface area contributed by atoms with Crippen molar-refractivity contribution in [3.63, 3.8) is 0 Å². The molecule has 264 valence electrons. The molecule has 5 heterocycles. The summed E-state index contributed by atoms with van der Waals surface area (Å²) in [6.45, 7) is 3.21. The van der Waals surface area contributed by atoms with Crippen LogP contribution in [0.15, 0.2) is 53.3 Å². The van der Waals surface area contributed by atoms with Gasteiger partial charge in [0.15, 0.2) is 5.78 Å². The molecule has 2 aromatic heterocycles. The average molecular weight is 684 g/mol. The van der Waals surface area contributed by atoms with Crippen LogP contribution in [0.1, 0.15) is 48.5 Å². The van der Waals surface area contributed by atoms with E-state index in [4.69, 9.17) is 37.9 Å². The first-order chi connectivity index (χ1) is 24.1. The third-order valence-corrected chi connectivity index (χ3v) is 9.79. The van der Waals surface area contributed by atoms with Crippen LogP contribution in [0.4, 0.5) is 23.5 Å². The highest BCUT2D eigenvalue weighted by Gasteiger charge is 2.30. The highest BCUT2D eigenvalue weighted by molar-refractivity contribution is 6.07. The Kier molecular flexibility index (Phi) is 9.50. The minimum Gasteiger partial charge on any atom is -0.342 e. The summed E-state index contributed by atoms with van der Waals surface area (Å²) in [4.78, 5) is 61.6. The maximum absolute atomic E-state index is 13.2. The Bertz CT molecular complexity index is 1840. The Labute approximate surface area is 289 Å². The standard InChI is InChI=1S/C34H45N13O3/c35-21-13-22(36)17-45(16-21)32-41-31(42-33(43-32)46-18-23(37)14-24(38)19-46)39-25-7-5-20(6-8-25)29(48)15-30(49)44-11-9-26(10-12-44)47-28-4-2-1-3-27(28)40-34(47)50/h1-8,21-24,26H,9-19,35-38H2,(H,40,50)(H,39,41,42,43). The molecule has 2 aromatic carbocycles. The smallest absolute Gasteiger partial charge is 0.326 e. The van der Waals surface area contributed by atoms with Gasteiger partial charge in [-0.15, -0.1) is 0 Å². The number of amides is 1. The lowest BCUT2D eigenvalue weighted by molar-refractivity contribution is -0.131. The van der Waals surface area contributed by atoms with E-state index < -0.39 is 0 Å². The molecule has 50 heavy (non-hydrogen) atoms. The second-order valence-electron chi connectivity index (χ2n) is 13.8. The minimum absolute atomic E-state index is 0.0139. The van der Waals surface area contributed by atoms with Gasteiger partial charge in [-0.3, -0.25) is 14.2 Å². The molecule has 1 amide bonds. The molecular weight excluding hydrogens is 638 g/mol. The van der Waals surface area contributed by atoms with Crippen LogP contribution in [0.2, 0.25) is 0 Å². The molecule has 3 aliphatic rings. The largest absolute Gasteiger partial charge is 0.342 e. The number of imidazole rings is 1. The molecule has 3 fully saturated rings. The second-order valence-corrected chi connectivity index (χ2v) is 13.8. The van der Waals surface area contributed by atoms with E-state index in [9.17, 15) is 14.4 Å². The lowest BCUT2D eigenvalue weighted by Gasteiger charge is -2.37. The fourth-order valence-electron chi connectivity index (χ4n) is 7.41. The molecule has 0 spiro atoms. The number of aromatic amines is 1. The van der Waals surface area contributed by atoms with E-state index in [2.05, 4.69) is 10.3 Å². The topological polar surface area (TPSA) is 236 Å².